The smallest absolute Gasteiger partial charge is 0.228 e. The molecular weight excluding hydrogens is 350 g/mol. The third-order valence-corrected chi connectivity index (χ3v) is 7.35. The largest absolute Gasteiger partial charge is 0.342 e. The van der Waals surface area contributed by atoms with Crippen molar-refractivity contribution < 1.29 is 9.59 Å². The van der Waals surface area contributed by atoms with Gasteiger partial charge < -0.3 is 9.80 Å². The van der Waals surface area contributed by atoms with Gasteiger partial charge in [0.25, 0.3) is 0 Å². The Morgan fingerprint density at radius 1 is 0.857 bits per heavy atom. The maximum Gasteiger partial charge on any atom is 0.228 e. The molecule has 0 aromatic rings. The summed E-state index contributed by atoms with van der Waals surface area (Å²) in [4.78, 5) is 31.1. The van der Waals surface area contributed by atoms with Crippen molar-refractivity contribution in [2.45, 2.75) is 74.7 Å². The van der Waals surface area contributed by atoms with Crippen LogP contribution in [0.3, 0.4) is 0 Å². The van der Waals surface area contributed by atoms with Crippen molar-refractivity contribution in [1.29, 1.82) is 0 Å². The van der Waals surface area contributed by atoms with Crippen LogP contribution in [0.4, 0.5) is 0 Å². The molecule has 0 spiro atoms. The highest BCUT2D eigenvalue weighted by molar-refractivity contribution is 5.83. The molecular formula is C23H45N3O2. The fourth-order valence-electron chi connectivity index (χ4n) is 4.06. The number of piperidine rings is 1. The first-order chi connectivity index (χ1) is 13.1. The molecule has 0 saturated carbocycles. The lowest BCUT2D eigenvalue weighted by molar-refractivity contribution is -0.148. The van der Waals surface area contributed by atoms with Gasteiger partial charge in [-0.15, -0.1) is 0 Å². The average molecular weight is 396 g/mol. The summed E-state index contributed by atoms with van der Waals surface area (Å²) in [5.41, 5.74) is -0.311. The number of piperazine rings is 1. The van der Waals surface area contributed by atoms with E-state index < -0.39 is 0 Å². The summed E-state index contributed by atoms with van der Waals surface area (Å²) in [5.74, 6) is 1.18. The van der Waals surface area contributed by atoms with Gasteiger partial charge in [-0.05, 0) is 30.6 Å². The zero-order valence-electron chi connectivity index (χ0n) is 19.8. The van der Waals surface area contributed by atoms with Crippen LogP contribution in [0.25, 0.3) is 0 Å². The van der Waals surface area contributed by atoms with Crippen molar-refractivity contribution in [3.63, 3.8) is 0 Å². The first kappa shape index (κ1) is 24.9. The summed E-state index contributed by atoms with van der Waals surface area (Å²) in [7, 11) is 0. The van der Waals surface area contributed by atoms with Crippen molar-refractivity contribution in [3.05, 3.63) is 0 Å². The predicted octanol–water partition coefficient (Wildman–Crippen LogP) is 3.88. The molecule has 0 aromatic carbocycles. The van der Waals surface area contributed by atoms with Gasteiger partial charge in [0.2, 0.25) is 11.8 Å². The third kappa shape index (κ3) is 5.95. The minimum Gasteiger partial charge on any atom is -0.342 e. The van der Waals surface area contributed by atoms with Crippen LogP contribution in [0, 0.1) is 16.7 Å². The molecule has 2 rings (SSSR count). The molecule has 0 unspecified atom stereocenters. The monoisotopic (exact) mass is 395 g/mol. The SMILES string of the molecule is CC.CCC(C)(C)C(C)(C)C(=O)N1CCC(CN2CCN(C(C)=O)CC2)CC1. The minimum atomic E-state index is -0.322. The van der Waals surface area contributed by atoms with E-state index in [1.54, 1.807) is 6.92 Å². The van der Waals surface area contributed by atoms with Crippen molar-refractivity contribution >= 4 is 11.8 Å². The van der Waals surface area contributed by atoms with Crippen LogP contribution in [0.15, 0.2) is 0 Å². The van der Waals surface area contributed by atoms with Gasteiger partial charge in [0, 0.05) is 58.2 Å². The Balaban J connectivity index is 0.00000190. The van der Waals surface area contributed by atoms with Crippen molar-refractivity contribution in [3.8, 4) is 0 Å². The van der Waals surface area contributed by atoms with Gasteiger partial charge in [-0.1, -0.05) is 48.5 Å². The quantitative estimate of drug-likeness (QED) is 0.709. The molecule has 2 amide bonds. The van der Waals surface area contributed by atoms with Crippen LogP contribution in [0.5, 0.6) is 0 Å². The number of carbonyl (C=O) groups excluding carboxylic acids is 2. The van der Waals surface area contributed by atoms with Gasteiger partial charge >= 0.3 is 0 Å². The predicted molar refractivity (Wildman–Crippen MR) is 117 cm³/mol. The number of hydrogen-bond donors (Lipinski definition) is 0. The average Bonchev–Trinajstić information content (AvgIpc) is 2.69. The molecule has 5 heteroatoms. The van der Waals surface area contributed by atoms with Gasteiger partial charge in [0.1, 0.15) is 0 Å². The Hall–Kier alpha value is -1.10. The van der Waals surface area contributed by atoms with Crippen LogP contribution in [-0.2, 0) is 9.59 Å². The number of amides is 2. The molecule has 0 radical (unpaired) electrons. The molecule has 2 aliphatic heterocycles. The molecule has 2 saturated heterocycles. The van der Waals surface area contributed by atoms with E-state index in [1.807, 2.05) is 18.7 Å². The molecule has 164 valence electrons. The Bertz CT molecular complexity index is 500. The molecule has 0 N–H and O–H groups in total. The highest BCUT2D eigenvalue weighted by atomic mass is 16.2. The van der Waals surface area contributed by atoms with Crippen molar-refractivity contribution in [2.24, 2.45) is 16.7 Å². The molecule has 2 heterocycles. The molecule has 5 nitrogen and oxygen atoms in total. The standard InChI is InChI=1S/C21H39N3O2.C2H6/c1-7-20(3,4)21(5,6)19(26)24-10-8-18(9-11-24)16-22-12-14-23(15-13-22)17(2)25;1-2/h18H,7-16H2,1-6H3;1-2H3. The Labute approximate surface area is 173 Å². The second-order valence-corrected chi connectivity index (χ2v) is 9.40. The summed E-state index contributed by atoms with van der Waals surface area (Å²) in [6.07, 6.45) is 3.21. The second-order valence-electron chi connectivity index (χ2n) is 9.40. The zero-order valence-corrected chi connectivity index (χ0v) is 19.8. The Kier molecular flexibility index (Phi) is 9.45. The highest BCUT2D eigenvalue weighted by Gasteiger charge is 2.44. The van der Waals surface area contributed by atoms with Gasteiger partial charge in [0.05, 0.1) is 0 Å². The Morgan fingerprint density at radius 2 is 1.36 bits per heavy atom. The fraction of sp³-hybridized carbons (Fsp3) is 0.913. The van der Waals surface area contributed by atoms with Gasteiger partial charge in [-0.25, -0.2) is 0 Å². The van der Waals surface area contributed by atoms with Crippen LogP contribution < -0.4 is 0 Å². The molecule has 2 fully saturated rings. The summed E-state index contributed by atoms with van der Waals surface area (Å²) < 4.78 is 0. The second kappa shape index (κ2) is 10.6. The normalized spacial score (nSPS) is 19.9. The maximum atomic E-state index is 13.1. The van der Waals surface area contributed by atoms with E-state index in [0.717, 1.165) is 65.1 Å². The van der Waals surface area contributed by atoms with Crippen LogP contribution in [0.2, 0.25) is 0 Å². The molecule has 0 bridgehead atoms. The molecule has 0 aromatic heterocycles. The Morgan fingerprint density at radius 3 is 1.79 bits per heavy atom. The first-order valence-corrected chi connectivity index (χ1v) is 11.4. The lowest BCUT2D eigenvalue weighted by atomic mass is 9.65. The third-order valence-electron chi connectivity index (χ3n) is 7.35. The van der Waals surface area contributed by atoms with E-state index in [4.69, 9.17) is 0 Å². The van der Waals surface area contributed by atoms with Gasteiger partial charge in [0.15, 0.2) is 0 Å². The van der Waals surface area contributed by atoms with E-state index in [-0.39, 0.29) is 16.7 Å². The minimum absolute atomic E-state index is 0.0112. The summed E-state index contributed by atoms with van der Waals surface area (Å²) in [6.45, 7) is 23.0. The number of likely N-dealkylation sites (tertiary alicyclic amines) is 1. The number of carbonyl (C=O) groups is 2. The van der Waals surface area contributed by atoms with E-state index >= 15 is 0 Å². The zero-order chi connectivity index (χ0) is 21.5. The van der Waals surface area contributed by atoms with Crippen LogP contribution in [-0.4, -0.2) is 72.3 Å². The lowest BCUT2D eigenvalue weighted by Gasteiger charge is -2.45. The highest BCUT2D eigenvalue weighted by Crippen LogP contribution is 2.43. The van der Waals surface area contributed by atoms with Gasteiger partial charge in [-0.2, -0.15) is 0 Å². The summed E-state index contributed by atoms with van der Waals surface area (Å²) >= 11 is 0. The van der Waals surface area contributed by atoms with Crippen LogP contribution >= 0.6 is 0 Å². The topological polar surface area (TPSA) is 43.9 Å². The van der Waals surface area contributed by atoms with E-state index in [0.29, 0.717) is 11.8 Å². The summed E-state index contributed by atoms with van der Waals surface area (Å²) in [6, 6.07) is 0. The summed E-state index contributed by atoms with van der Waals surface area (Å²) in [5, 5.41) is 0. The van der Waals surface area contributed by atoms with Crippen LogP contribution in [0.1, 0.15) is 74.7 Å². The molecule has 28 heavy (non-hydrogen) atoms. The van der Waals surface area contributed by atoms with Crippen molar-refractivity contribution in [2.75, 3.05) is 45.8 Å². The number of nitrogens with zero attached hydrogens (tertiary/aromatic N) is 3. The molecule has 2 aliphatic rings. The van der Waals surface area contributed by atoms with E-state index in [1.165, 1.54) is 0 Å². The van der Waals surface area contributed by atoms with Gasteiger partial charge in [-0.3, -0.25) is 14.5 Å². The maximum absolute atomic E-state index is 13.1. The first-order valence-electron chi connectivity index (χ1n) is 11.4. The van der Waals surface area contributed by atoms with Crippen molar-refractivity contribution in [1.82, 2.24) is 14.7 Å². The lowest BCUT2D eigenvalue weighted by Crippen LogP contribution is -2.52. The molecule has 0 aliphatic carbocycles. The molecule has 0 atom stereocenters. The number of rotatable bonds is 5. The van der Waals surface area contributed by atoms with E-state index in [2.05, 4.69) is 44.4 Å². The number of hydrogen-bond acceptors (Lipinski definition) is 3. The fourth-order valence-corrected chi connectivity index (χ4v) is 4.06. The van der Waals surface area contributed by atoms with E-state index in [9.17, 15) is 9.59 Å².